The molecule has 0 aliphatic heterocycles. The fourth-order valence-electron chi connectivity index (χ4n) is 13.5. The maximum absolute atomic E-state index is 2.61. The molecule has 0 spiro atoms. The van der Waals surface area contributed by atoms with Crippen LogP contribution < -0.4 is 0 Å². The van der Waals surface area contributed by atoms with Crippen molar-refractivity contribution in [3.63, 3.8) is 0 Å². The molecule has 0 saturated carbocycles. The second-order valence-corrected chi connectivity index (χ2v) is 19.8. The molecule has 16 aromatic carbocycles. The molecule has 0 amide bonds. The lowest BCUT2D eigenvalue weighted by Gasteiger charge is -2.24. The SMILES string of the molecule is c1ccc2cc3c(cc2c1)c1ccccc1c1cc2c(-c4cc5ccccc5c5ccccc45)c4c(c(-c5cc6ccccc6c6ccccc56)c2cc31)-c1cc2cccc3ccc5ccc-4c1c5c32. The number of fused-ring (bicyclic) bond motifs is 17. The van der Waals surface area contributed by atoms with Gasteiger partial charge in [0, 0.05) is 0 Å². The molecule has 0 N–H and O–H groups in total. The molecule has 318 valence electrons. The molecule has 0 saturated heterocycles. The molecule has 0 heteroatoms. The van der Waals surface area contributed by atoms with Gasteiger partial charge < -0.3 is 0 Å². The molecule has 16 aromatic rings. The van der Waals surface area contributed by atoms with Crippen molar-refractivity contribution < 1.29 is 0 Å². The molecule has 0 nitrogen and oxygen atoms in total. The standard InChI is InChI=1S/C70H38/c1-2-15-42-33-56-55(32-41(42)14-1)50-24-9-10-25-51(50)57-37-61-62(38-58(56)57)68(60-35-44-17-4-6-21-47(44)49-23-8-12-27-53(49)60)70-63-36-45-19-13-18-39-28-29-40-30-31-54(66(63)65(40)64(39)45)69(70)67(61)59-34-43-16-3-5-20-46(43)48-22-7-11-26-52(48)59/h1-38H. The molecule has 0 radical (unpaired) electrons. The van der Waals surface area contributed by atoms with Crippen molar-refractivity contribution in [3.8, 4) is 44.5 Å². The second kappa shape index (κ2) is 13.3. The van der Waals surface area contributed by atoms with E-state index in [0.29, 0.717) is 0 Å². The van der Waals surface area contributed by atoms with Crippen LogP contribution in [0.3, 0.4) is 0 Å². The normalized spacial score (nSPS) is 12.6. The Labute approximate surface area is 402 Å². The first kappa shape index (κ1) is 37.0. The highest BCUT2D eigenvalue weighted by atomic mass is 14.4. The molecular formula is C70H38. The molecule has 0 bridgehead atoms. The van der Waals surface area contributed by atoms with Gasteiger partial charge in [0.15, 0.2) is 0 Å². The second-order valence-electron chi connectivity index (χ2n) is 19.8. The van der Waals surface area contributed by atoms with E-state index in [1.807, 2.05) is 0 Å². The van der Waals surface area contributed by atoms with Crippen LogP contribution in [-0.2, 0) is 0 Å². The minimum Gasteiger partial charge on any atom is -0.0616 e. The van der Waals surface area contributed by atoms with Gasteiger partial charge in [-0.3, -0.25) is 0 Å². The first-order valence-corrected chi connectivity index (χ1v) is 24.6. The lowest BCUT2D eigenvalue weighted by atomic mass is 9.78. The van der Waals surface area contributed by atoms with Crippen LogP contribution in [0.4, 0.5) is 0 Å². The van der Waals surface area contributed by atoms with Gasteiger partial charge in [-0.1, -0.05) is 188 Å². The highest BCUT2D eigenvalue weighted by Gasteiger charge is 2.34. The van der Waals surface area contributed by atoms with Gasteiger partial charge in [-0.2, -0.15) is 0 Å². The third kappa shape index (κ3) is 4.70. The maximum atomic E-state index is 2.61. The topological polar surface area (TPSA) is 0 Å². The van der Waals surface area contributed by atoms with E-state index in [9.17, 15) is 0 Å². The van der Waals surface area contributed by atoms with Crippen LogP contribution in [0.5, 0.6) is 0 Å². The Hall–Kier alpha value is -9.10. The number of hydrogen-bond donors (Lipinski definition) is 0. The zero-order chi connectivity index (χ0) is 45.3. The summed E-state index contributed by atoms with van der Waals surface area (Å²) in [6.45, 7) is 0. The van der Waals surface area contributed by atoms with Gasteiger partial charge in [0.1, 0.15) is 0 Å². The van der Waals surface area contributed by atoms with Crippen LogP contribution in [0, 0.1) is 0 Å². The minimum absolute atomic E-state index is 1.25. The third-order valence-corrected chi connectivity index (χ3v) is 16.4. The van der Waals surface area contributed by atoms with Gasteiger partial charge in [0.25, 0.3) is 0 Å². The Kier molecular flexibility index (Phi) is 7.03. The highest BCUT2D eigenvalue weighted by Crippen LogP contribution is 2.61. The highest BCUT2D eigenvalue weighted by molar-refractivity contribution is 6.39. The molecule has 0 atom stereocenters. The molecule has 1 aliphatic carbocycles. The predicted octanol–water partition coefficient (Wildman–Crippen LogP) is 19.9. The van der Waals surface area contributed by atoms with Gasteiger partial charge in [0.05, 0.1) is 0 Å². The van der Waals surface area contributed by atoms with E-state index in [1.54, 1.807) is 0 Å². The monoisotopic (exact) mass is 878 g/mol. The summed E-state index contributed by atoms with van der Waals surface area (Å²) in [5, 5.41) is 30.8. The van der Waals surface area contributed by atoms with Crippen molar-refractivity contribution in [2.75, 3.05) is 0 Å². The molecular weight excluding hydrogens is 841 g/mol. The molecule has 0 unspecified atom stereocenters. The van der Waals surface area contributed by atoms with E-state index in [0.717, 1.165) is 0 Å². The van der Waals surface area contributed by atoms with Gasteiger partial charge >= 0.3 is 0 Å². The van der Waals surface area contributed by atoms with E-state index in [4.69, 9.17) is 0 Å². The quantitative estimate of drug-likeness (QED) is 0.120. The Morgan fingerprint density at radius 2 is 0.514 bits per heavy atom. The molecule has 0 heterocycles. The van der Waals surface area contributed by atoms with Crippen LogP contribution in [0.1, 0.15) is 0 Å². The maximum Gasteiger partial charge on any atom is -0.000696 e. The minimum atomic E-state index is 1.25. The Morgan fingerprint density at radius 3 is 1.09 bits per heavy atom. The summed E-state index contributed by atoms with van der Waals surface area (Å²) in [6.07, 6.45) is 0. The molecule has 70 heavy (non-hydrogen) atoms. The number of hydrogen-bond acceptors (Lipinski definition) is 0. The smallest absolute Gasteiger partial charge is 0.000696 e. The van der Waals surface area contributed by atoms with Gasteiger partial charge in [-0.15, -0.1) is 0 Å². The average Bonchev–Trinajstić information content (AvgIpc) is 3.75. The van der Waals surface area contributed by atoms with Crippen LogP contribution in [0.15, 0.2) is 231 Å². The predicted molar refractivity (Wildman–Crippen MR) is 303 cm³/mol. The Morgan fingerprint density at radius 1 is 0.143 bits per heavy atom. The summed E-state index contributed by atoms with van der Waals surface area (Å²) < 4.78 is 0. The number of rotatable bonds is 2. The Bertz CT molecular complexity index is 5050. The summed E-state index contributed by atoms with van der Waals surface area (Å²) in [7, 11) is 0. The lowest BCUT2D eigenvalue weighted by Crippen LogP contribution is -1.96. The van der Waals surface area contributed by atoms with Crippen LogP contribution in [0.25, 0.3) is 174 Å². The lowest BCUT2D eigenvalue weighted by molar-refractivity contribution is 1.68. The van der Waals surface area contributed by atoms with E-state index in [2.05, 4.69) is 231 Å². The number of benzene rings is 16. The van der Waals surface area contributed by atoms with Gasteiger partial charge in [-0.25, -0.2) is 0 Å². The molecule has 17 rings (SSSR count). The molecule has 0 aromatic heterocycles. The first-order valence-electron chi connectivity index (χ1n) is 24.6. The van der Waals surface area contributed by atoms with E-state index < -0.39 is 0 Å². The van der Waals surface area contributed by atoms with Crippen molar-refractivity contribution in [1.82, 2.24) is 0 Å². The fourth-order valence-corrected chi connectivity index (χ4v) is 13.5. The zero-order valence-electron chi connectivity index (χ0n) is 37.9. The largest absolute Gasteiger partial charge is 0.0616 e. The van der Waals surface area contributed by atoms with Gasteiger partial charge in [0.2, 0.25) is 0 Å². The van der Waals surface area contributed by atoms with E-state index in [-0.39, 0.29) is 0 Å². The van der Waals surface area contributed by atoms with Crippen molar-refractivity contribution in [1.29, 1.82) is 0 Å². The summed E-state index contributed by atoms with van der Waals surface area (Å²) in [5.41, 5.74) is 10.4. The Balaban J connectivity index is 1.19. The first-order chi connectivity index (χ1) is 34.7. The summed E-state index contributed by atoms with van der Waals surface area (Å²) in [5.74, 6) is 0. The van der Waals surface area contributed by atoms with E-state index in [1.165, 1.54) is 174 Å². The van der Waals surface area contributed by atoms with Gasteiger partial charge in [-0.05, 0) is 216 Å². The third-order valence-electron chi connectivity index (χ3n) is 16.4. The van der Waals surface area contributed by atoms with E-state index >= 15 is 0 Å². The van der Waals surface area contributed by atoms with Crippen molar-refractivity contribution in [2.24, 2.45) is 0 Å². The summed E-state index contributed by atoms with van der Waals surface area (Å²) in [6, 6.07) is 88.1. The fraction of sp³-hybridized carbons (Fsp3) is 0. The zero-order valence-corrected chi connectivity index (χ0v) is 37.9. The van der Waals surface area contributed by atoms with Crippen molar-refractivity contribution in [3.05, 3.63) is 231 Å². The average molecular weight is 879 g/mol. The van der Waals surface area contributed by atoms with Crippen molar-refractivity contribution in [2.45, 2.75) is 0 Å². The van der Waals surface area contributed by atoms with Crippen LogP contribution in [0.2, 0.25) is 0 Å². The summed E-state index contributed by atoms with van der Waals surface area (Å²) in [4.78, 5) is 0. The summed E-state index contributed by atoms with van der Waals surface area (Å²) >= 11 is 0. The van der Waals surface area contributed by atoms with Crippen LogP contribution in [-0.4, -0.2) is 0 Å². The van der Waals surface area contributed by atoms with Crippen molar-refractivity contribution >= 4 is 129 Å². The molecule has 1 aliphatic rings. The molecule has 0 fully saturated rings. The van der Waals surface area contributed by atoms with Crippen LogP contribution >= 0.6 is 0 Å².